The first-order chi connectivity index (χ1) is 7.87. The van der Waals surface area contributed by atoms with E-state index >= 15 is 0 Å². The number of likely N-dealkylation sites (tertiary alicyclic amines) is 1. The molecule has 1 amide bonds. The summed E-state index contributed by atoms with van der Waals surface area (Å²) in [6.07, 6.45) is -5.30. The van der Waals surface area contributed by atoms with Crippen LogP contribution in [-0.4, -0.2) is 43.3 Å². The smallest absolute Gasteiger partial charge is 0.381 e. The first-order valence-electron chi connectivity index (χ1n) is 5.80. The van der Waals surface area contributed by atoms with E-state index in [0.717, 1.165) is 0 Å². The van der Waals surface area contributed by atoms with Crippen molar-refractivity contribution in [2.24, 2.45) is 17.8 Å². The maximum atomic E-state index is 12.2. The van der Waals surface area contributed by atoms with Gasteiger partial charge in [-0.05, 0) is 0 Å². The van der Waals surface area contributed by atoms with Gasteiger partial charge in [-0.25, -0.2) is 0 Å². The fraction of sp³-hybridized carbons (Fsp3) is 0.909. The molecule has 0 radical (unpaired) electrons. The number of ether oxygens (including phenoxy) is 1. The average molecular weight is 251 g/mol. The van der Waals surface area contributed by atoms with Crippen molar-refractivity contribution in [1.29, 1.82) is 0 Å². The van der Waals surface area contributed by atoms with Gasteiger partial charge < -0.3 is 9.64 Å². The lowest BCUT2D eigenvalue weighted by molar-refractivity contribution is -0.157. The van der Waals surface area contributed by atoms with Crippen LogP contribution in [-0.2, 0) is 9.53 Å². The molecule has 0 bridgehead atoms. The standard InChI is InChI=1S/C11H16F3NO2/c1-7(2-11(12,13)14)10(16)15-3-8-5-17-6-9(8)4-15/h7-9H,2-6H2,1H3/t7?,8-,9+. The molecule has 2 saturated heterocycles. The summed E-state index contributed by atoms with van der Waals surface area (Å²) in [5, 5.41) is 0. The van der Waals surface area contributed by atoms with Crippen LogP contribution in [0.25, 0.3) is 0 Å². The van der Waals surface area contributed by atoms with Gasteiger partial charge in [0.05, 0.1) is 19.6 Å². The molecule has 3 atom stereocenters. The number of hydrogen-bond acceptors (Lipinski definition) is 2. The summed E-state index contributed by atoms with van der Waals surface area (Å²) in [4.78, 5) is 13.4. The van der Waals surface area contributed by atoms with Crippen LogP contribution >= 0.6 is 0 Å². The molecule has 0 aliphatic carbocycles. The predicted octanol–water partition coefficient (Wildman–Crippen LogP) is 1.68. The Morgan fingerprint density at radius 1 is 1.35 bits per heavy atom. The Bertz CT molecular complexity index is 294. The number of fused-ring (bicyclic) bond motifs is 1. The molecule has 0 aromatic heterocycles. The van der Waals surface area contributed by atoms with Crippen molar-refractivity contribution in [3.8, 4) is 0 Å². The molecule has 0 aromatic rings. The van der Waals surface area contributed by atoms with Crippen LogP contribution in [0.4, 0.5) is 13.2 Å². The molecule has 2 heterocycles. The molecule has 0 aromatic carbocycles. The van der Waals surface area contributed by atoms with Gasteiger partial charge in [-0.2, -0.15) is 13.2 Å². The zero-order valence-electron chi connectivity index (χ0n) is 9.67. The average Bonchev–Trinajstić information content (AvgIpc) is 2.72. The minimum absolute atomic E-state index is 0.317. The van der Waals surface area contributed by atoms with Crippen LogP contribution in [0.5, 0.6) is 0 Å². The monoisotopic (exact) mass is 251 g/mol. The van der Waals surface area contributed by atoms with E-state index in [1.165, 1.54) is 6.92 Å². The molecular formula is C11H16F3NO2. The van der Waals surface area contributed by atoms with E-state index in [0.29, 0.717) is 38.1 Å². The lowest BCUT2D eigenvalue weighted by atomic mass is 10.0. The van der Waals surface area contributed by atoms with E-state index in [9.17, 15) is 18.0 Å². The Hall–Kier alpha value is -0.780. The third-order valence-electron chi connectivity index (χ3n) is 3.51. The minimum Gasteiger partial charge on any atom is -0.381 e. The number of amides is 1. The van der Waals surface area contributed by atoms with E-state index in [2.05, 4.69) is 0 Å². The highest BCUT2D eigenvalue weighted by molar-refractivity contribution is 5.78. The Morgan fingerprint density at radius 2 is 1.88 bits per heavy atom. The Morgan fingerprint density at radius 3 is 2.35 bits per heavy atom. The van der Waals surface area contributed by atoms with E-state index < -0.39 is 18.5 Å². The second-order valence-corrected chi connectivity index (χ2v) is 5.02. The molecule has 2 aliphatic heterocycles. The first-order valence-corrected chi connectivity index (χ1v) is 5.80. The SMILES string of the molecule is CC(CC(F)(F)F)C(=O)N1C[C@H]2COC[C@H]2C1. The van der Waals surface area contributed by atoms with Crippen LogP contribution in [0.3, 0.4) is 0 Å². The lowest BCUT2D eigenvalue weighted by Gasteiger charge is -2.22. The van der Waals surface area contributed by atoms with Gasteiger partial charge in [0, 0.05) is 30.8 Å². The quantitative estimate of drug-likeness (QED) is 0.747. The number of carbonyl (C=O) groups is 1. The molecule has 3 nitrogen and oxygen atoms in total. The van der Waals surface area contributed by atoms with Crippen LogP contribution < -0.4 is 0 Å². The number of alkyl halides is 3. The van der Waals surface area contributed by atoms with Crippen molar-refractivity contribution < 1.29 is 22.7 Å². The second kappa shape index (κ2) is 4.48. The summed E-state index contributed by atoms with van der Waals surface area (Å²) >= 11 is 0. The Kier molecular flexibility index (Phi) is 3.34. The summed E-state index contributed by atoms with van der Waals surface area (Å²) in [7, 11) is 0. The molecule has 0 spiro atoms. The lowest BCUT2D eigenvalue weighted by Crippen LogP contribution is -2.36. The highest BCUT2D eigenvalue weighted by Gasteiger charge is 2.41. The number of carbonyl (C=O) groups excluding carboxylic acids is 1. The molecule has 17 heavy (non-hydrogen) atoms. The third-order valence-corrected chi connectivity index (χ3v) is 3.51. The van der Waals surface area contributed by atoms with Crippen molar-refractivity contribution in [3.05, 3.63) is 0 Å². The maximum absolute atomic E-state index is 12.2. The summed E-state index contributed by atoms with van der Waals surface area (Å²) < 4.78 is 41.8. The highest BCUT2D eigenvalue weighted by atomic mass is 19.4. The Balaban J connectivity index is 1.88. The van der Waals surface area contributed by atoms with Crippen LogP contribution in [0.2, 0.25) is 0 Å². The van der Waals surface area contributed by atoms with E-state index in [4.69, 9.17) is 4.74 Å². The predicted molar refractivity (Wildman–Crippen MR) is 54.2 cm³/mol. The number of nitrogens with zero attached hydrogens (tertiary/aromatic N) is 1. The van der Waals surface area contributed by atoms with Gasteiger partial charge in [0.1, 0.15) is 0 Å². The normalized spacial score (nSPS) is 30.5. The van der Waals surface area contributed by atoms with E-state index in [1.54, 1.807) is 4.90 Å². The van der Waals surface area contributed by atoms with E-state index in [-0.39, 0.29) is 5.91 Å². The van der Waals surface area contributed by atoms with Crippen molar-refractivity contribution in [2.45, 2.75) is 19.5 Å². The van der Waals surface area contributed by atoms with Crippen LogP contribution in [0.15, 0.2) is 0 Å². The van der Waals surface area contributed by atoms with Crippen molar-refractivity contribution in [2.75, 3.05) is 26.3 Å². The summed E-state index contributed by atoms with van der Waals surface area (Å²) in [5.41, 5.74) is 0. The minimum atomic E-state index is -4.27. The summed E-state index contributed by atoms with van der Waals surface area (Å²) in [5.74, 6) is -0.722. The van der Waals surface area contributed by atoms with Gasteiger partial charge >= 0.3 is 6.18 Å². The second-order valence-electron chi connectivity index (χ2n) is 5.02. The molecule has 1 unspecified atom stereocenters. The van der Waals surface area contributed by atoms with Gasteiger partial charge in [0.25, 0.3) is 0 Å². The number of rotatable bonds is 2. The maximum Gasteiger partial charge on any atom is 0.389 e. The summed E-state index contributed by atoms with van der Waals surface area (Å²) in [6.45, 7) is 3.70. The van der Waals surface area contributed by atoms with Gasteiger partial charge in [0.15, 0.2) is 0 Å². The largest absolute Gasteiger partial charge is 0.389 e. The summed E-state index contributed by atoms with van der Waals surface area (Å²) in [6, 6.07) is 0. The van der Waals surface area contributed by atoms with Gasteiger partial charge in [0.2, 0.25) is 5.91 Å². The molecule has 2 aliphatic rings. The molecule has 0 N–H and O–H groups in total. The fourth-order valence-electron chi connectivity index (χ4n) is 2.61. The fourth-order valence-corrected chi connectivity index (χ4v) is 2.61. The first kappa shape index (κ1) is 12.7. The number of halogens is 3. The van der Waals surface area contributed by atoms with Gasteiger partial charge in [-0.15, -0.1) is 0 Å². The van der Waals surface area contributed by atoms with Gasteiger partial charge in [-0.1, -0.05) is 6.92 Å². The topological polar surface area (TPSA) is 29.5 Å². The van der Waals surface area contributed by atoms with Crippen LogP contribution in [0.1, 0.15) is 13.3 Å². The van der Waals surface area contributed by atoms with Crippen molar-refractivity contribution >= 4 is 5.91 Å². The molecule has 2 rings (SSSR count). The zero-order valence-corrected chi connectivity index (χ0v) is 9.67. The highest BCUT2D eigenvalue weighted by Crippen LogP contribution is 2.32. The molecule has 6 heteroatoms. The Labute approximate surface area is 97.9 Å². The van der Waals surface area contributed by atoms with Gasteiger partial charge in [-0.3, -0.25) is 4.79 Å². The van der Waals surface area contributed by atoms with E-state index in [1.807, 2.05) is 0 Å². The molecule has 98 valence electrons. The molecule has 2 fully saturated rings. The third kappa shape index (κ3) is 2.91. The van der Waals surface area contributed by atoms with Crippen molar-refractivity contribution in [3.63, 3.8) is 0 Å². The number of hydrogen-bond donors (Lipinski definition) is 0. The molecular weight excluding hydrogens is 235 g/mol. The zero-order chi connectivity index (χ0) is 12.6. The molecule has 0 saturated carbocycles. The van der Waals surface area contributed by atoms with Crippen molar-refractivity contribution in [1.82, 2.24) is 4.90 Å². The van der Waals surface area contributed by atoms with Crippen LogP contribution in [0, 0.1) is 17.8 Å².